The van der Waals surface area contributed by atoms with Crippen LogP contribution in [0.5, 0.6) is 0 Å². The van der Waals surface area contributed by atoms with E-state index in [1.807, 2.05) is 0 Å². The third-order valence-corrected chi connectivity index (χ3v) is 5.14. The molecule has 0 bridgehead atoms. The molecule has 21 heavy (non-hydrogen) atoms. The van der Waals surface area contributed by atoms with Gasteiger partial charge in [0.2, 0.25) is 0 Å². The van der Waals surface area contributed by atoms with Crippen molar-refractivity contribution in [3.05, 3.63) is 51.0 Å². The molecule has 0 saturated carbocycles. The van der Waals surface area contributed by atoms with E-state index < -0.39 is 5.97 Å². The van der Waals surface area contributed by atoms with Gasteiger partial charge in [-0.05, 0) is 36.3 Å². The number of benzene rings is 1. The molecule has 0 radical (unpaired) electrons. The molecule has 1 N–H and O–H groups in total. The van der Waals surface area contributed by atoms with Crippen LogP contribution in [0.25, 0.3) is 0 Å². The Labute approximate surface area is 128 Å². The zero-order valence-electron chi connectivity index (χ0n) is 12.3. The van der Waals surface area contributed by atoms with Crippen LogP contribution in [0.3, 0.4) is 0 Å². The first-order valence-corrected chi connectivity index (χ1v) is 8.18. The van der Waals surface area contributed by atoms with Crippen molar-refractivity contribution >= 4 is 17.3 Å². The maximum Gasteiger partial charge on any atom is 0.347 e. The Balaban J connectivity index is 1.99. The monoisotopic (exact) mass is 301 g/mol. The van der Waals surface area contributed by atoms with E-state index in [4.69, 9.17) is 4.98 Å². The fraction of sp³-hybridized carbons (Fsp3) is 0.412. The molecule has 1 heterocycles. The molecule has 1 atom stereocenters. The Kier molecular flexibility index (Phi) is 3.81. The van der Waals surface area contributed by atoms with E-state index in [0.29, 0.717) is 10.8 Å². The fourth-order valence-electron chi connectivity index (χ4n) is 3.02. The van der Waals surface area contributed by atoms with E-state index in [2.05, 4.69) is 38.1 Å². The number of thiazole rings is 1. The molecule has 1 aromatic carbocycles. The second-order valence-electron chi connectivity index (χ2n) is 6.02. The zero-order valence-corrected chi connectivity index (χ0v) is 13.1. The fourth-order valence-corrected chi connectivity index (χ4v) is 4.11. The van der Waals surface area contributed by atoms with Gasteiger partial charge in [-0.2, -0.15) is 0 Å². The van der Waals surface area contributed by atoms with Gasteiger partial charge in [-0.25, -0.2) is 9.78 Å². The van der Waals surface area contributed by atoms with Crippen LogP contribution in [0, 0.1) is 5.92 Å². The molecular formula is C17H19NO2S. The number of carboxylic acid groups (broad SMARTS) is 1. The Morgan fingerprint density at radius 3 is 2.90 bits per heavy atom. The highest BCUT2D eigenvalue weighted by atomic mass is 32.1. The van der Waals surface area contributed by atoms with E-state index in [9.17, 15) is 9.90 Å². The highest BCUT2D eigenvalue weighted by molar-refractivity contribution is 7.13. The summed E-state index contributed by atoms with van der Waals surface area (Å²) in [6, 6.07) is 8.43. The van der Waals surface area contributed by atoms with Crippen molar-refractivity contribution in [2.45, 2.75) is 39.0 Å². The lowest BCUT2D eigenvalue weighted by Crippen LogP contribution is -2.03. The van der Waals surface area contributed by atoms with Gasteiger partial charge in [0, 0.05) is 5.92 Å². The van der Waals surface area contributed by atoms with Crippen LogP contribution in [0.4, 0.5) is 0 Å². The molecule has 2 aromatic rings. The number of nitrogens with zero attached hydrogens (tertiary/aromatic N) is 1. The van der Waals surface area contributed by atoms with E-state index in [1.54, 1.807) is 0 Å². The number of hydrogen-bond acceptors (Lipinski definition) is 3. The predicted molar refractivity (Wildman–Crippen MR) is 84.2 cm³/mol. The van der Waals surface area contributed by atoms with Gasteiger partial charge in [0.25, 0.3) is 0 Å². The van der Waals surface area contributed by atoms with E-state index in [1.165, 1.54) is 22.5 Å². The minimum absolute atomic E-state index is 0.269. The number of rotatable bonds is 4. The zero-order chi connectivity index (χ0) is 15.0. The normalized spacial score (nSPS) is 17.2. The average Bonchev–Trinajstić information content (AvgIpc) is 3.01. The highest BCUT2D eigenvalue weighted by Crippen LogP contribution is 2.40. The van der Waals surface area contributed by atoms with Gasteiger partial charge in [0.05, 0.1) is 5.69 Å². The van der Waals surface area contributed by atoms with Crippen LogP contribution in [0.1, 0.15) is 57.7 Å². The molecule has 1 aliphatic rings. The average molecular weight is 301 g/mol. The van der Waals surface area contributed by atoms with Gasteiger partial charge in [0.15, 0.2) is 0 Å². The number of aromatic carboxylic acids is 1. The molecule has 3 nitrogen and oxygen atoms in total. The van der Waals surface area contributed by atoms with Gasteiger partial charge in [0.1, 0.15) is 9.88 Å². The Hall–Kier alpha value is -1.68. The van der Waals surface area contributed by atoms with Crippen LogP contribution in [0.2, 0.25) is 0 Å². The second-order valence-corrected chi connectivity index (χ2v) is 7.05. The van der Waals surface area contributed by atoms with Gasteiger partial charge in [-0.1, -0.05) is 38.1 Å². The van der Waals surface area contributed by atoms with E-state index >= 15 is 0 Å². The first-order valence-electron chi connectivity index (χ1n) is 7.37. The van der Waals surface area contributed by atoms with Gasteiger partial charge >= 0.3 is 5.97 Å². The Morgan fingerprint density at radius 2 is 2.19 bits per heavy atom. The molecule has 3 rings (SSSR count). The van der Waals surface area contributed by atoms with Crippen molar-refractivity contribution in [2.24, 2.45) is 5.92 Å². The summed E-state index contributed by atoms with van der Waals surface area (Å²) in [5, 5.41) is 10.4. The van der Waals surface area contributed by atoms with Crippen LogP contribution in [-0.2, 0) is 12.8 Å². The first-order chi connectivity index (χ1) is 10.1. The molecular weight excluding hydrogens is 282 g/mol. The number of carbonyl (C=O) groups is 1. The topological polar surface area (TPSA) is 50.2 Å². The molecule has 110 valence electrons. The van der Waals surface area contributed by atoms with E-state index in [-0.39, 0.29) is 5.92 Å². The molecule has 0 spiro atoms. The summed E-state index contributed by atoms with van der Waals surface area (Å²) in [7, 11) is 0. The van der Waals surface area contributed by atoms with Gasteiger partial charge < -0.3 is 5.11 Å². The number of aryl methyl sites for hydroxylation is 1. The summed E-state index contributed by atoms with van der Waals surface area (Å²) in [5.74, 6) is -0.167. The van der Waals surface area contributed by atoms with Crippen molar-refractivity contribution in [3.63, 3.8) is 0 Å². The molecule has 0 amide bonds. The van der Waals surface area contributed by atoms with Crippen molar-refractivity contribution in [1.29, 1.82) is 0 Å². The molecule has 4 heteroatoms. The lowest BCUT2D eigenvalue weighted by atomic mass is 10.0. The lowest BCUT2D eigenvalue weighted by Gasteiger charge is -2.07. The third-order valence-electron chi connectivity index (χ3n) is 3.94. The van der Waals surface area contributed by atoms with E-state index in [0.717, 1.165) is 30.0 Å². The Morgan fingerprint density at radius 1 is 1.43 bits per heavy atom. The van der Waals surface area contributed by atoms with Crippen molar-refractivity contribution in [2.75, 3.05) is 0 Å². The van der Waals surface area contributed by atoms with Crippen LogP contribution >= 0.6 is 11.3 Å². The minimum atomic E-state index is -0.847. The van der Waals surface area contributed by atoms with Gasteiger partial charge in [-0.15, -0.1) is 11.3 Å². The summed E-state index contributed by atoms with van der Waals surface area (Å²) in [6.45, 7) is 4.19. The minimum Gasteiger partial charge on any atom is -0.477 e. The first kappa shape index (κ1) is 14.3. The Bertz CT molecular complexity index is 675. The standard InChI is InChI=1S/C17H19NO2S/c1-10(2)9-14-15(17(19)20)21-16(18-14)13-8-7-11-5-3-4-6-12(11)13/h3-6,10,13H,7-9H2,1-2H3,(H,19,20). The third kappa shape index (κ3) is 2.72. The second kappa shape index (κ2) is 5.60. The van der Waals surface area contributed by atoms with Gasteiger partial charge in [-0.3, -0.25) is 0 Å². The molecule has 0 aliphatic heterocycles. The summed E-state index contributed by atoms with van der Waals surface area (Å²) >= 11 is 1.36. The maximum atomic E-state index is 11.4. The highest BCUT2D eigenvalue weighted by Gasteiger charge is 2.28. The quantitative estimate of drug-likeness (QED) is 0.924. The number of aromatic nitrogens is 1. The SMILES string of the molecule is CC(C)Cc1nc(C2CCc3ccccc32)sc1C(=O)O. The molecule has 0 saturated heterocycles. The molecule has 1 aliphatic carbocycles. The van der Waals surface area contributed by atoms with Crippen LogP contribution in [0.15, 0.2) is 24.3 Å². The molecule has 0 fully saturated rings. The van der Waals surface area contributed by atoms with Crippen molar-refractivity contribution < 1.29 is 9.90 Å². The largest absolute Gasteiger partial charge is 0.477 e. The number of fused-ring (bicyclic) bond motifs is 1. The predicted octanol–water partition coefficient (Wildman–Crippen LogP) is 4.12. The summed E-state index contributed by atoms with van der Waals surface area (Å²) in [4.78, 5) is 16.6. The maximum absolute atomic E-state index is 11.4. The van der Waals surface area contributed by atoms with Crippen molar-refractivity contribution in [1.82, 2.24) is 4.98 Å². The smallest absolute Gasteiger partial charge is 0.347 e. The summed E-state index contributed by atoms with van der Waals surface area (Å²) in [6.07, 6.45) is 2.82. The summed E-state index contributed by atoms with van der Waals surface area (Å²) < 4.78 is 0. The van der Waals surface area contributed by atoms with Crippen molar-refractivity contribution in [3.8, 4) is 0 Å². The number of carboxylic acids is 1. The molecule has 1 unspecified atom stereocenters. The molecule has 1 aromatic heterocycles. The number of hydrogen-bond donors (Lipinski definition) is 1. The summed E-state index contributed by atoms with van der Waals surface area (Å²) in [5.41, 5.74) is 3.45. The van der Waals surface area contributed by atoms with Crippen LogP contribution in [-0.4, -0.2) is 16.1 Å². The lowest BCUT2D eigenvalue weighted by molar-refractivity contribution is 0.0700. The van der Waals surface area contributed by atoms with Crippen LogP contribution < -0.4 is 0 Å².